The number of hydrogen-bond donors (Lipinski definition) is 3. The van der Waals surface area contributed by atoms with Crippen molar-refractivity contribution in [3.05, 3.63) is 0 Å². The lowest BCUT2D eigenvalue weighted by molar-refractivity contribution is -0.122. The van der Waals surface area contributed by atoms with E-state index in [-0.39, 0.29) is 0 Å². The molecule has 0 aromatic carbocycles. The van der Waals surface area contributed by atoms with Gasteiger partial charge in [-0.2, -0.15) is 13.2 Å². The van der Waals surface area contributed by atoms with Crippen LogP contribution in [0.5, 0.6) is 0 Å². The number of carbonyl (C=O) groups excluding carboxylic acids is 1. The van der Waals surface area contributed by atoms with Gasteiger partial charge in [-0.05, 0) is 19.4 Å². The molecule has 0 atom stereocenters. The fourth-order valence-electron chi connectivity index (χ4n) is 0.891. The first-order valence-corrected chi connectivity index (χ1v) is 4.74. The number of carbonyl (C=O) groups is 1. The lowest BCUT2D eigenvalue weighted by Gasteiger charge is -2.09. The number of rotatable bonds is 6. The smallest absolute Gasteiger partial charge is 0.338 e. The first-order valence-electron chi connectivity index (χ1n) is 4.74. The highest BCUT2D eigenvalue weighted by Crippen LogP contribution is 2.11. The molecule has 0 aliphatic rings. The molecule has 0 aromatic rings. The van der Waals surface area contributed by atoms with Crippen LogP contribution in [0.4, 0.5) is 18.0 Å². The molecule has 4 nitrogen and oxygen atoms in total. The van der Waals surface area contributed by atoms with Crippen molar-refractivity contribution < 1.29 is 18.0 Å². The Hall–Kier alpha value is -0.980. The van der Waals surface area contributed by atoms with Gasteiger partial charge in [0.05, 0.1) is 0 Å². The largest absolute Gasteiger partial charge is 0.405 e. The quantitative estimate of drug-likeness (QED) is 0.592. The Morgan fingerprint density at radius 3 is 2.33 bits per heavy atom. The van der Waals surface area contributed by atoms with E-state index < -0.39 is 18.8 Å². The second kappa shape index (κ2) is 7.33. The molecule has 4 N–H and O–H groups in total. The topological polar surface area (TPSA) is 67.1 Å². The summed E-state index contributed by atoms with van der Waals surface area (Å²) in [4.78, 5) is 10.8. The minimum atomic E-state index is -4.36. The average Bonchev–Trinajstić information content (AvgIpc) is 2.13. The van der Waals surface area contributed by atoms with E-state index in [1.807, 2.05) is 0 Å². The second-order valence-corrected chi connectivity index (χ2v) is 3.07. The van der Waals surface area contributed by atoms with Crippen LogP contribution in [0.25, 0.3) is 0 Å². The van der Waals surface area contributed by atoms with Gasteiger partial charge in [-0.3, -0.25) is 0 Å². The summed E-state index contributed by atoms with van der Waals surface area (Å²) in [5, 5.41) is 4.04. The molecule has 0 fully saturated rings. The number of unbranched alkanes of at least 4 members (excludes halogenated alkanes) is 2. The van der Waals surface area contributed by atoms with Crippen LogP contribution in [0.1, 0.15) is 19.3 Å². The van der Waals surface area contributed by atoms with E-state index in [4.69, 9.17) is 5.73 Å². The van der Waals surface area contributed by atoms with E-state index >= 15 is 0 Å². The number of urea groups is 1. The second-order valence-electron chi connectivity index (χ2n) is 3.07. The van der Waals surface area contributed by atoms with E-state index in [0.717, 1.165) is 19.3 Å². The Labute approximate surface area is 86.4 Å². The number of amides is 2. The van der Waals surface area contributed by atoms with Crippen molar-refractivity contribution in [2.45, 2.75) is 25.4 Å². The highest BCUT2D eigenvalue weighted by atomic mass is 19.4. The Kier molecular flexibility index (Phi) is 6.85. The fourth-order valence-corrected chi connectivity index (χ4v) is 0.891. The molecule has 0 aliphatic heterocycles. The summed E-state index contributed by atoms with van der Waals surface area (Å²) in [7, 11) is 0. The first kappa shape index (κ1) is 14.0. The molecule has 0 saturated carbocycles. The van der Waals surface area contributed by atoms with Crippen molar-refractivity contribution in [1.82, 2.24) is 10.6 Å². The van der Waals surface area contributed by atoms with Crippen molar-refractivity contribution in [2.75, 3.05) is 19.6 Å². The summed E-state index contributed by atoms with van der Waals surface area (Å²) in [6.07, 6.45) is -1.94. The van der Waals surface area contributed by atoms with E-state index in [1.54, 1.807) is 5.32 Å². The molecule has 0 heterocycles. The van der Waals surface area contributed by atoms with Crippen molar-refractivity contribution in [3.63, 3.8) is 0 Å². The number of hydrogen-bond acceptors (Lipinski definition) is 2. The normalized spacial score (nSPS) is 11.2. The molecule has 0 radical (unpaired) electrons. The lowest BCUT2D eigenvalue weighted by atomic mass is 10.2. The molecule has 90 valence electrons. The van der Waals surface area contributed by atoms with Crippen LogP contribution in [-0.4, -0.2) is 31.8 Å². The molecule has 15 heavy (non-hydrogen) atoms. The number of nitrogens with one attached hydrogen (secondary N) is 2. The summed E-state index contributed by atoms with van der Waals surface area (Å²) < 4.78 is 34.9. The summed E-state index contributed by atoms with van der Waals surface area (Å²) >= 11 is 0. The van der Waals surface area contributed by atoms with Crippen molar-refractivity contribution in [2.24, 2.45) is 5.73 Å². The third kappa shape index (κ3) is 10.9. The Morgan fingerprint density at radius 1 is 1.13 bits per heavy atom. The third-order valence-electron chi connectivity index (χ3n) is 1.62. The van der Waals surface area contributed by atoms with Crippen LogP contribution >= 0.6 is 0 Å². The van der Waals surface area contributed by atoms with Gasteiger partial charge in [-0.25, -0.2) is 4.79 Å². The summed E-state index contributed by atoms with van der Waals surface area (Å²) in [6, 6.07) is -0.792. The van der Waals surface area contributed by atoms with Gasteiger partial charge in [0, 0.05) is 6.54 Å². The van der Waals surface area contributed by atoms with Crippen LogP contribution < -0.4 is 16.4 Å². The van der Waals surface area contributed by atoms with E-state index in [9.17, 15) is 18.0 Å². The van der Waals surface area contributed by atoms with E-state index in [0.29, 0.717) is 13.1 Å². The van der Waals surface area contributed by atoms with Gasteiger partial charge in [0.1, 0.15) is 6.54 Å². The van der Waals surface area contributed by atoms with E-state index in [1.165, 1.54) is 0 Å². The number of halogens is 3. The monoisotopic (exact) mass is 227 g/mol. The van der Waals surface area contributed by atoms with Crippen LogP contribution in [0.2, 0.25) is 0 Å². The van der Waals surface area contributed by atoms with Gasteiger partial charge in [0.25, 0.3) is 0 Å². The molecule has 0 spiro atoms. The molecule has 0 unspecified atom stereocenters. The predicted octanol–water partition coefficient (Wildman–Crippen LogP) is 0.977. The molecule has 0 saturated heterocycles. The van der Waals surface area contributed by atoms with Crippen LogP contribution in [0, 0.1) is 0 Å². The lowest BCUT2D eigenvalue weighted by Crippen LogP contribution is -2.41. The molecule has 7 heteroatoms. The maximum atomic E-state index is 11.6. The standard InChI is InChI=1S/C8H16F3N3O/c9-8(10,11)6-14-7(15)13-5-3-1-2-4-12/h1-6,12H2,(H2,13,14,15). The zero-order valence-corrected chi connectivity index (χ0v) is 8.36. The van der Waals surface area contributed by atoms with E-state index in [2.05, 4.69) is 5.32 Å². The van der Waals surface area contributed by atoms with Crippen LogP contribution in [0.15, 0.2) is 0 Å². The van der Waals surface area contributed by atoms with Gasteiger partial charge >= 0.3 is 12.2 Å². The predicted molar refractivity (Wildman–Crippen MR) is 50.4 cm³/mol. The molecule has 0 rings (SSSR count). The number of alkyl halides is 3. The zero-order chi connectivity index (χ0) is 11.7. The SMILES string of the molecule is NCCCCCNC(=O)NCC(F)(F)F. The summed E-state index contributed by atoms with van der Waals surface area (Å²) in [6.45, 7) is -0.356. The highest BCUT2D eigenvalue weighted by molar-refractivity contribution is 5.73. The molecule has 2 amide bonds. The van der Waals surface area contributed by atoms with Crippen molar-refractivity contribution >= 4 is 6.03 Å². The Morgan fingerprint density at radius 2 is 1.80 bits per heavy atom. The molecular formula is C8H16F3N3O. The van der Waals surface area contributed by atoms with Gasteiger partial charge in [0.15, 0.2) is 0 Å². The third-order valence-corrected chi connectivity index (χ3v) is 1.62. The van der Waals surface area contributed by atoms with Crippen LogP contribution in [-0.2, 0) is 0 Å². The number of nitrogens with two attached hydrogens (primary N) is 1. The van der Waals surface area contributed by atoms with Gasteiger partial charge < -0.3 is 16.4 Å². The molecule has 0 bridgehead atoms. The average molecular weight is 227 g/mol. The minimum Gasteiger partial charge on any atom is -0.338 e. The Bertz CT molecular complexity index is 184. The molecule has 0 aliphatic carbocycles. The first-order chi connectivity index (χ1) is 6.95. The minimum absolute atomic E-state index is 0.365. The van der Waals surface area contributed by atoms with Crippen molar-refractivity contribution in [3.8, 4) is 0 Å². The van der Waals surface area contributed by atoms with Gasteiger partial charge in [0.2, 0.25) is 0 Å². The molecule has 0 aromatic heterocycles. The maximum absolute atomic E-state index is 11.6. The highest BCUT2D eigenvalue weighted by Gasteiger charge is 2.27. The fraction of sp³-hybridized carbons (Fsp3) is 0.875. The van der Waals surface area contributed by atoms with Crippen LogP contribution in [0.3, 0.4) is 0 Å². The molecular weight excluding hydrogens is 211 g/mol. The zero-order valence-electron chi connectivity index (χ0n) is 8.36. The van der Waals surface area contributed by atoms with Crippen molar-refractivity contribution in [1.29, 1.82) is 0 Å². The van der Waals surface area contributed by atoms with Gasteiger partial charge in [-0.15, -0.1) is 0 Å². The summed E-state index contributed by atoms with van der Waals surface area (Å²) in [5.74, 6) is 0. The Balaban J connectivity index is 3.34. The van der Waals surface area contributed by atoms with Gasteiger partial charge in [-0.1, -0.05) is 6.42 Å². The summed E-state index contributed by atoms with van der Waals surface area (Å²) in [5.41, 5.74) is 5.24. The maximum Gasteiger partial charge on any atom is 0.405 e.